The van der Waals surface area contributed by atoms with Crippen LogP contribution in [-0.4, -0.2) is 25.2 Å². The van der Waals surface area contributed by atoms with Crippen molar-refractivity contribution in [2.75, 3.05) is 0 Å². The van der Waals surface area contributed by atoms with Crippen molar-refractivity contribution < 1.29 is 9.90 Å². The summed E-state index contributed by atoms with van der Waals surface area (Å²) in [6, 6.07) is 11.1. The van der Waals surface area contributed by atoms with Crippen LogP contribution in [0.15, 0.2) is 41.2 Å². The molecule has 2 heterocycles. The summed E-state index contributed by atoms with van der Waals surface area (Å²) in [6.07, 6.45) is 2.27. The quantitative estimate of drug-likeness (QED) is 0.330. The number of hydrogen-bond acceptors (Lipinski definition) is 2. The molecule has 0 saturated carbocycles. The number of halogens is 1. The highest BCUT2D eigenvalue weighted by atomic mass is 35.5. The molecule has 4 aromatic rings. The third kappa shape index (κ3) is 4.08. The van der Waals surface area contributed by atoms with Crippen LogP contribution in [0.3, 0.4) is 0 Å². The largest absolute Gasteiger partial charge is 0.481 e. The summed E-state index contributed by atoms with van der Waals surface area (Å²) in [5.74, 6) is -1.47. The van der Waals surface area contributed by atoms with Crippen LogP contribution in [0.4, 0.5) is 0 Å². The van der Waals surface area contributed by atoms with Crippen LogP contribution in [0.2, 0.25) is 5.02 Å². The second-order valence-corrected chi connectivity index (χ2v) is 9.33. The summed E-state index contributed by atoms with van der Waals surface area (Å²) in [4.78, 5) is 29.1. The zero-order valence-corrected chi connectivity index (χ0v) is 20.2. The Labute approximate surface area is 197 Å². The molecule has 0 amide bonds. The van der Waals surface area contributed by atoms with Gasteiger partial charge in [0.15, 0.2) is 0 Å². The molecule has 0 bridgehead atoms. The van der Waals surface area contributed by atoms with Gasteiger partial charge in [-0.15, -0.1) is 0 Å². The molecular formula is C26H30ClN3O3. The van der Waals surface area contributed by atoms with E-state index in [4.69, 9.17) is 11.6 Å². The Bertz CT molecular complexity index is 1400. The van der Waals surface area contributed by atoms with Crippen molar-refractivity contribution in [3.63, 3.8) is 0 Å². The minimum atomic E-state index is -0.867. The Kier molecular flexibility index (Phi) is 6.39. The molecule has 2 unspecified atom stereocenters. The normalized spacial score (nSPS) is 13.6. The Morgan fingerprint density at radius 2 is 1.88 bits per heavy atom. The number of carboxylic acid groups (broad SMARTS) is 1. The lowest BCUT2D eigenvalue weighted by molar-refractivity contribution is -0.142. The maximum Gasteiger partial charge on any atom is 0.329 e. The number of carbonyl (C=O) groups is 1. The third-order valence-corrected chi connectivity index (χ3v) is 7.00. The minimum absolute atomic E-state index is 0.153. The van der Waals surface area contributed by atoms with Crippen LogP contribution < -0.4 is 5.69 Å². The molecule has 0 fully saturated rings. The number of fused-ring (bicyclic) bond motifs is 2. The van der Waals surface area contributed by atoms with Gasteiger partial charge >= 0.3 is 11.7 Å². The number of nitrogens with zero attached hydrogens (tertiary/aromatic N) is 2. The van der Waals surface area contributed by atoms with Gasteiger partial charge in [-0.2, -0.15) is 0 Å². The minimum Gasteiger partial charge on any atom is -0.481 e. The van der Waals surface area contributed by atoms with Crippen LogP contribution in [-0.2, 0) is 11.3 Å². The van der Waals surface area contributed by atoms with Gasteiger partial charge in [0.1, 0.15) is 0 Å². The average Bonchev–Trinajstić information content (AvgIpc) is 3.23. The number of hydrogen-bond donors (Lipinski definition) is 2. The smallest absolute Gasteiger partial charge is 0.329 e. The predicted octanol–water partition coefficient (Wildman–Crippen LogP) is 6.05. The molecule has 0 aliphatic heterocycles. The van der Waals surface area contributed by atoms with E-state index in [1.54, 1.807) is 9.13 Å². The predicted molar refractivity (Wildman–Crippen MR) is 133 cm³/mol. The first-order valence-electron chi connectivity index (χ1n) is 11.5. The van der Waals surface area contributed by atoms with Gasteiger partial charge in [0.05, 0.1) is 28.5 Å². The first kappa shape index (κ1) is 23.2. The number of benzene rings is 2. The van der Waals surface area contributed by atoms with Crippen molar-refractivity contribution in [3.05, 3.63) is 68.7 Å². The number of carboxylic acids is 1. The second kappa shape index (κ2) is 9.10. The maximum atomic E-state index is 13.7. The number of aliphatic carboxylic acids is 1. The van der Waals surface area contributed by atoms with E-state index in [0.29, 0.717) is 11.4 Å². The standard InChI is InChI=1S/C26H30ClN3O3/c1-5-6-9-18(25(31)32)14-29-22-10-7-8-11-23(22)30(26(29)33)17(4)21-13-19(27)12-20-15(2)16(3)28-24(20)21/h7-8,10-13,17-18,28H,5-6,9,14H2,1-4H3,(H,31,32). The SMILES string of the molecule is CCCCC(Cn1c(=O)n(C(C)c2cc(Cl)cc3c(C)c(C)[nH]c23)c2ccccc21)C(=O)O. The van der Waals surface area contributed by atoms with Crippen LogP contribution in [0.5, 0.6) is 0 Å². The molecule has 0 aliphatic rings. The molecule has 6 nitrogen and oxygen atoms in total. The first-order chi connectivity index (χ1) is 15.7. The fraction of sp³-hybridized carbons (Fsp3) is 0.385. The zero-order chi connectivity index (χ0) is 23.9. The fourth-order valence-electron chi connectivity index (χ4n) is 4.76. The van der Waals surface area contributed by atoms with E-state index in [1.165, 1.54) is 0 Å². The maximum absolute atomic E-state index is 13.7. The van der Waals surface area contributed by atoms with Crippen LogP contribution >= 0.6 is 11.6 Å². The summed E-state index contributed by atoms with van der Waals surface area (Å²) in [5, 5.41) is 11.4. The van der Waals surface area contributed by atoms with Gasteiger partial charge in [-0.1, -0.05) is 43.5 Å². The van der Waals surface area contributed by atoms with Crippen LogP contribution in [0.1, 0.15) is 56.0 Å². The van der Waals surface area contributed by atoms with E-state index >= 15 is 0 Å². The molecule has 2 aromatic carbocycles. The number of para-hydroxylation sites is 2. The number of aromatic amines is 1. The Hall–Kier alpha value is -2.99. The highest BCUT2D eigenvalue weighted by Crippen LogP contribution is 2.34. The van der Waals surface area contributed by atoms with Gasteiger partial charge < -0.3 is 10.1 Å². The molecule has 0 spiro atoms. The van der Waals surface area contributed by atoms with Crippen molar-refractivity contribution in [3.8, 4) is 0 Å². The number of aryl methyl sites for hydroxylation is 2. The molecule has 174 valence electrons. The Balaban J connectivity index is 1.89. The number of rotatable bonds is 8. The molecular weight excluding hydrogens is 438 g/mol. The highest BCUT2D eigenvalue weighted by molar-refractivity contribution is 6.31. The van der Waals surface area contributed by atoms with Gasteiger partial charge in [0.25, 0.3) is 0 Å². The Morgan fingerprint density at radius 3 is 2.55 bits per heavy atom. The lowest BCUT2D eigenvalue weighted by atomic mass is 10.0. The molecule has 4 rings (SSSR count). The van der Waals surface area contributed by atoms with E-state index in [2.05, 4.69) is 11.9 Å². The number of aromatic nitrogens is 3. The van der Waals surface area contributed by atoms with Gasteiger partial charge in [-0.25, -0.2) is 4.79 Å². The molecule has 33 heavy (non-hydrogen) atoms. The summed E-state index contributed by atoms with van der Waals surface area (Å²) >= 11 is 6.48. The van der Waals surface area contributed by atoms with Crippen molar-refractivity contribution in [2.45, 2.75) is 59.5 Å². The molecule has 0 saturated heterocycles. The van der Waals surface area contributed by atoms with Crippen LogP contribution in [0, 0.1) is 19.8 Å². The van der Waals surface area contributed by atoms with Crippen molar-refractivity contribution in [2.24, 2.45) is 5.92 Å². The van der Waals surface area contributed by atoms with Crippen molar-refractivity contribution in [1.29, 1.82) is 0 Å². The van der Waals surface area contributed by atoms with E-state index in [0.717, 1.165) is 51.6 Å². The van der Waals surface area contributed by atoms with E-state index in [1.807, 2.05) is 57.2 Å². The molecule has 0 aliphatic carbocycles. The summed E-state index contributed by atoms with van der Waals surface area (Å²) in [7, 11) is 0. The second-order valence-electron chi connectivity index (χ2n) is 8.90. The fourth-order valence-corrected chi connectivity index (χ4v) is 4.99. The summed E-state index contributed by atoms with van der Waals surface area (Å²) in [5.41, 5.74) is 5.42. The average molecular weight is 468 g/mol. The topological polar surface area (TPSA) is 80.0 Å². The van der Waals surface area contributed by atoms with Crippen molar-refractivity contribution in [1.82, 2.24) is 14.1 Å². The molecule has 2 atom stereocenters. The van der Waals surface area contributed by atoms with E-state index in [-0.39, 0.29) is 18.3 Å². The van der Waals surface area contributed by atoms with Gasteiger partial charge in [-0.05, 0) is 57.0 Å². The number of imidazole rings is 1. The highest BCUT2D eigenvalue weighted by Gasteiger charge is 2.25. The number of nitrogens with one attached hydrogen (secondary N) is 1. The summed E-state index contributed by atoms with van der Waals surface area (Å²) in [6.45, 7) is 8.26. The molecule has 0 radical (unpaired) electrons. The third-order valence-electron chi connectivity index (χ3n) is 6.78. The zero-order valence-electron chi connectivity index (χ0n) is 19.5. The Morgan fingerprint density at radius 1 is 1.18 bits per heavy atom. The van der Waals surface area contributed by atoms with Crippen molar-refractivity contribution >= 4 is 39.5 Å². The summed E-state index contributed by atoms with van der Waals surface area (Å²) < 4.78 is 3.37. The lowest BCUT2D eigenvalue weighted by Gasteiger charge is -2.16. The van der Waals surface area contributed by atoms with Gasteiger partial charge in [-0.3, -0.25) is 13.9 Å². The number of unbranched alkanes of at least 4 members (excludes halogenated alkanes) is 1. The lowest BCUT2D eigenvalue weighted by Crippen LogP contribution is -2.31. The first-order valence-corrected chi connectivity index (χ1v) is 11.8. The monoisotopic (exact) mass is 467 g/mol. The van der Waals surface area contributed by atoms with E-state index in [9.17, 15) is 14.7 Å². The van der Waals surface area contributed by atoms with Gasteiger partial charge in [0.2, 0.25) is 0 Å². The number of H-pyrrole nitrogens is 1. The van der Waals surface area contributed by atoms with Crippen LogP contribution in [0.25, 0.3) is 21.9 Å². The van der Waals surface area contributed by atoms with E-state index < -0.39 is 11.9 Å². The van der Waals surface area contributed by atoms with Gasteiger partial charge in [0, 0.05) is 28.2 Å². The molecule has 7 heteroatoms. The molecule has 2 aromatic heterocycles. The molecule has 2 N–H and O–H groups in total.